The van der Waals surface area contributed by atoms with Crippen LogP contribution in [0.25, 0.3) is 0 Å². The monoisotopic (exact) mass is 721 g/mol. The fourth-order valence-corrected chi connectivity index (χ4v) is 7.18. The minimum Gasteiger partial charge on any atom is -0.352 e. The predicted molar refractivity (Wildman–Crippen MR) is 177 cm³/mol. The molecule has 248 valence electrons. The number of hydrogen-bond acceptors (Lipinski definition) is 4. The maximum Gasteiger partial charge on any atom is 0.416 e. The van der Waals surface area contributed by atoms with Crippen LogP contribution in [0.15, 0.2) is 83.3 Å². The first-order valence-corrected chi connectivity index (χ1v) is 18.0. The summed E-state index contributed by atoms with van der Waals surface area (Å²) in [6.45, 7) is -0.0779. The molecule has 0 saturated heterocycles. The summed E-state index contributed by atoms with van der Waals surface area (Å²) in [5.41, 5.74) is 0.575. The van der Waals surface area contributed by atoms with Gasteiger partial charge in [0.25, 0.3) is 0 Å². The molecule has 0 unspecified atom stereocenters. The van der Waals surface area contributed by atoms with Gasteiger partial charge in [-0.05, 0) is 60.7 Å². The lowest BCUT2D eigenvalue weighted by atomic mass is 9.94. The van der Waals surface area contributed by atoms with Crippen molar-refractivity contribution in [3.63, 3.8) is 0 Å². The summed E-state index contributed by atoms with van der Waals surface area (Å²) in [5.74, 6) is -0.613. The van der Waals surface area contributed by atoms with Gasteiger partial charge in [-0.15, -0.1) is 0 Å². The van der Waals surface area contributed by atoms with E-state index in [-0.39, 0.29) is 55.9 Å². The smallest absolute Gasteiger partial charge is 0.352 e. The first kappa shape index (κ1) is 35.5. The molecule has 1 N–H and O–H groups in total. The highest BCUT2D eigenvalue weighted by molar-refractivity contribution is 9.10. The van der Waals surface area contributed by atoms with Crippen molar-refractivity contribution in [3.8, 4) is 0 Å². The molecule has 12 heteroatoms. The molecule has 0 spiro atoms. The Morgan fingerprint density at radius 3 is 2.26 bits per heavy atom. The zero-order valence-corrected chi connectivity index (χ0v) is 28.1. The molecule has 1 aliphatic carbocycles. The highest BCUT2D eigenvalue weighted by Gasteiger charge is 2.33. The molecule has 1 aliphatic rings. The molecule has 4 rings (SSSR count). The molecule has 0 aliphatic heterocycles. The van der Waals surface area contributed by atoms with Gasteiger partial charge in [-0.3, -0.25) is 13.9 Å². The van der Waals surface area contributed by atoms with Gasteiger partial charge in [-0.2, -0.15) is 13.2 Å². The SMILES string of the molecule is CS(=O)(=O)N(CCCC(=O)N(Cc1cccc(Br)c1)[C@@H](Cc1ccccc1)C(=O)NC1CCCCC1)c1cccc(C(F)(F)F)c1. The number of anilines is 1. The molecule has 3 aromatic carbocycles. The number of nitrogens with one attached hydrogen (secondary N) is 1. The number of carbonyl (C=O) groups excluding carboxylic acids is 2. The summed E-state index contributed by atoms with van der Waals surface area (Å²) in [7, 11) is -3.97. The third kappa shape index (κ3) is 10.3. The van der Waals surface area contributed by atoms with Crippen LogP contribution in [-0.2, 0) is 38.8 Å². The fourth-order valence-electron chi connectivity index (χ4n) is 5.77. The number of benzene rings is 3. The number of sulfonamides is 1. The Balaban J connectivity index is 1.60. The molecule has 0 radical (unpaired) electrons. The number of alkyl halides is 3. The van der Waals surface area contributed by atoms with E-state index in [4.69, 9.17) is 0 Å². The van der Waals surface area contributed by atoms with Crippen LogP contribution in [-0.4, -0.2) is 50.0 Å². The Hall–Kier alpha value is -3.38. The molecular weight excluding hydrogens is 683 g/mol. The van der Waals surface area contributed by atoms with Gasteiger partial charge in [0.1, 0.15) is 6.04 Å². The van der Waals surface area contributed by atoms with Crippen LogP contribution in [0.1, 0.15) is 61.6 Å². The Kier molecular flexibility index (Phi) is 12.3. The van der Waals surface area contributed by atoms with Crippen molar-refractivity contribution >= 4 is 43.5 Å². The van der Waals surface area contributed by atoms with Crippen molar-refractivity contribution in [3.05, 3.63) is 100 Å². The predicted octanol–water partition coefficient (Wildman–Crippen LogP) is 7.10. The van der Waals surface area contributed by atoms with E-state index in [1.807, 2.05) is 54.6 Å². The van der Waals surface area contributed by atoms with E-state index in [1.165, 1.54) is 6.07 Å². The highest BCUT2D eigenvalue weighted by atomic mass is 79.9. The third-order valence-corrected chi connectivity index (χ3v) is 9.77. The summed E-state index contributed by atoms with van der Waals surface area (Å²) in [6.07, 6.45) is 1.38. The first-order valence-electron chi connectivity index (χ1n) is 15.3. The minimum atomic E-state index is -4.64. The van der Waals surface area contributed by atoms with E-state index < -0.39 is 27.8 Å². The summed E-state index contributed by atoms with van der Waals surface area (Å²) in [5, 5.41) is 3.18. The molecule has 3 aromatic rings. The van der Waals surface area contributed by atoms with Crippen molar-refractivity contribution in [1.82, 2.24) is 10.2 Å². The molecule has 0 bridgehead atoms. The molecule has 0 aromatic heterocycles. The fraction of sp³-hybridized carbons (Fsp3) is 0.412. The van der Waals surface area contributed by atoms with Crippen molar-refractivity contribution < 1.29 is 31.2 Å². The second kappa shape index (κ2) is 15.9. The maximum atomic E-state index is 14.0. The number of halogens is 4. The molecule has 2 amide bonds. The maximum absolute atomic E-state index is 14.0. The van der Waals surface area contributed by atoms with Gasteiger partial charge in [-0.25, -0.2) is 8.42 Å². The van der Waals surface area contributed by atoms with Crippen molar-refractivity contribution in [2.24, 2.45) is 0 Å². The topological polar surface area (TPSA) is 86.8 Å². The molecule has 1 fully saturated rings. The lowest BCUT2D eigenvalue weighted by Gasteiger charge is -2.34. The largest absolute Gasteiger partial charge is 0.416 e. The Labute approximate surface area is 277 Å². The zero-order valence-electron chi connectivity index (χ0n) is 25.7. The normalized spacial score (nSPS) is 14.8. The number of hydrogen-bond donors (Lipinski definition) is 1. The van der Waals surface area contributed by atoms with Crippen LogP contribution in [0, 0.1) is 0 Å². The van der Waals surface area contributed by atoms with E-state index in [2.05, 4.69) is 21.2 Å². The zero-order chi connectivity index (χ0) is 33.3. The second-order valence-electron chi connectivity index (χ2n) is 11.7. The van der Waals surface area contributed by atoms with E-state index in [0.29, 0.717) is 0 Å². The van der Waals surface area contributed by atoms with Gasteiger partial charge >= 0.3 is 6.18 Å². The number of amides is 2. The number of nitrogens with zero attached hydrogens (tertiary/aromatic N) is 2. The van der Waals surface area contributed by atoms with Crippen molar-refractivity contribution in [2.45, 2.75) is 76.2 Å². The summed E-state index contributed by atoms with van der Waals surface area (Å²) in [6, 6.07) is 20.2. The van der Waals surface area contributed by atoms with Gasteiger partial charge in [0, 0.05) is 36.4 Å². The van der Waals surface area contributed by atoms with E-state index in [9.17, 15) is 31.2 Å². The highest BCUT2D eigenvalue weighted by Crippen LogP contribution is 2.32. The minimum absolute atomic E-state index is 0.0260. The summed E-state index contributed by atoms with van der Waals surface area (Å²) in [4.78, 5) is 29.5. The summed E-state index contributed by atoms with van der Waals surface area (Å²) >= 11 is 3.47. The average Bonchev–Trinajstić information content (AvgIpc) is 3.01. The van der Waals surface area contributed by atoms with Crippen LogP contribution >= 0.6 is 15.9 Å². The van der Waals surface area contributed by atoms with E-state index in [1.54, 1.807) is 4.90 Å². The first-order chi connectivity index (χ1) is 21.8. The molecule has 46 heavy (non-hydrogen) atoms. The lowest BCUT2D eigenvalue weighted by molar-refractivity contribution is -0.141. The van der Waals surface area contributed by atoms with Gasteiger partial charge < -0.3 is 10.2 Å². The van der Waals surface area contributed by atoms with Crippen LogP contribution in [0.5, 0.6) is 0 Å². The van der Waals surface area contributed by atoms with Crippen molar-refractivity contribution in [1.29, 1.82) is 0 Å². The third-order valence-electron chi connectivity index (χ3n) is 8.08. The summed E-state index contributed by atoms with van der Waals surface area (Å²) < 4.78 is 67.1. The van der Waals surface area contributed by atoms with Crippen LogP contribution in [0.4, 0.5) is 18.9 Å². The molecule has 0 heterocycles. The number of rotatable bonds is 13. The molecular formula is C34H39BrF3N3O4S. The van der Waals surface area contributed by atoms with Crippen molar-refractivity contribution in [2.75, 3.05) is 17.1 Å². The van der Waals surface area contributed by atoms with Crippen LogP contribution in [0.3, 0.4) is 0 Å². The quantitative estimate of drug-likeness (QED) is 0.204. The Morgan fingerprint density at radius 1 is 0.935 bits per heavy atom. The molecule has 1 atom stereocenters. The Bertz CT molecular complexity index is 1580. The van der Waals surface area contributed by atoms with Gasteiger partial charge in [0.05, 0.1) is 17.5 Å². The number of carbonyl (C=O) groups is 2. The van der Waals surface area contributed by atoms with Gasteiger partial charge in [0.15, 0.2) is 0 Å². The molecule has 7 nitrogen and oxygen atoms in total. The van der Waals surface area contributed by atoms with Gasteiger partial charge in [0.2, 0.25) is 21.8 Å². The average molecular weight is 723 g/mol. The van der Waals surface area contributed by atoms with E-state index in [0.717, 1.165) is 76.5 Å². The van der Waals surface area contributed by atoms with Crippen LogP contribution in [0.2, 0.25) is 0 Å². The standard InChI is InChI=1S/C34H39BrF3N3O4S/c1-46(44,45)41(30-18-9-14-27(23-30)34(36,37)38)20-10-19-32(42)40(24-26-13-8-15-28(35)21-26)31(22-25-11-4-2-5-12-25)33(43)39-29-16-6-3-7-17-29/h2,4-5,8-9,11-15,18,21,23,29,31H,3,6-7,10,16-17,19-20,22,24H2,1H3,(H,39,43)/t31-/m0/s1. The van der Waals surface area contributed by atoms with Crippen LogP contribution < -0.4 is 9.62 Å². The second-order valence-corrected chi connectivity index (χ2v) is 14.5. The lowest BCUT2D eigenvalue weighted by Crippen LogP contribution is -2.52. The molecule has 1 saturated carbocycles. The van der Waals surface area contributed by atoms with Gasteiger partial charge in [-0.1, -0.05) is 83.7 Å². The Morgan fingerprint density at radius 2 is 1.61 bits per heavy atom. The van der Waals surface area contributed by atoms with E-state index >= 15 is 0 Å².